The Balaban J connectivity index is 2.45. The molecule has 0 amide bonds. The summed E-state index contributed by atoms with van der Waals surface area (Å²) in [7, 11) is 1.27. The summed E-state index contributed by atoms with van der Waals surface area (Å²) < 4.78 is 9.49. The van der Waals surface area contributed by atoms with E-state index in [1.165, 1.54) is 13.4 Å². The minimum atomic E-state index is -0.868. The van der Waals surface area contributed by atoms with Crippen LogP contribution in [0.4, 0.5) is 0 Å². The smallest absolute Gasteiger partial charge is 0.374 e. The quantitative estimate of drug-likeness (QED) is 0.547. The van der Waals surface area contributed by atoms with E-state index in [4.69, 9.17) is 9.52 Å². The fourth-order valence-electron chi connectivity index (χ4n) is 1.17. The first kappa shape index (κ1) is 12.3. The van der Waals surface area contributed by atoms with Gasteiger partial charge in [0.25, 0.3) is 0 Å². The highest BCUT2D eigenvalue weighted by Gasteiger charge is 2.14. The molecule has 6 heteroatoms. The van der Waals surface area contributed by atoms with Gasteiger partial charge < -0.3 is 19.6 Å². The minimum absolute atomic E-state index is 0.0331. The van der Waals surface area contributed by atoms with Crippen LogP contribution >= 0.6 is 0 Å². The Kier molecular flexibility index (Phi) is 4.53. The number of hydrogen-bond donors (Lipinski definition) is 2. The molecule has 6 nitrogen and oxygen atoms in total. The van der Waals surface area contributed by atoms with Gasteiger partial charge in [-0.3, -0.25) is 4.79 Å². The zero-order valence-corrected chi connectivity index (χ0v) is 8.86. The van der Waals surface area contributed by atoms with Crippen molar-refractivity contribution in [2.75, 3.05) is 13.7 Å². The predicted molar refractivity (Wildman–Crippen MR) is 54.0 cm³/mol. The first-order valence-corrected chi connectivity index (χ1v) is 4.72. The molecule has 1 aromatic rings. The number of carboxylic acids is 1. The first-order valence-electron chi connectivity index (χ1n) is 4.72. The molecule has 2 N–H and O–H groups in total. The summed E-state index contributed by atoms with van der Waals surface area (Å²) in [6, 6.07) is 1.64. The Morgan fingerprint density at radius 2 is 2.31 bits per heavy atom. The average molecular weight is 227 g/mol. The van der Waals surface area contributed by atoms with Gasteiger partial charge in [-0.25, -0.2) is 4.79 Å². The average Bonchev–Trinajstić information content (AvgIpc) is 2.71. The van der Waals surface area contributed by atoms with Crippen molar-refractivity contribution in [3.05, 3.63) is 23.7 Å². The van der Waals surface area contributed by atoms with Crippen molar-refractivity contribution in [1.29, 1.82) is 0 Å². The van der Waals surface area contributed by atoms with Crippen LogP contribution in [0.2, 0.25) is 0 Å². The highest BCUT2D eigenvalue weighted by molar-refractivity contribution is 5.87. The van der Waals surface area contributed by atoms with E-state index in [-0.39, 0.29) is 12.2 Å². The Morgan fingerprint density at radius 3 is 2.94 bits per heavy atom. The van der Waals surface area contributed by atoms with Crippen LogP contribution < -0.4 is 5.32 Å². The van der Waals surface area contributed by atoms with Crippen LogP contribution in [0.1, 0.15) is 22.5 Å². The molecule has 0 aliphatic rings. The van der Waals surface area contributed by atoms with Crippen LogP contribution in [0.15, 0.2) is 16.7 Å². The number of carbonyl (C=O) groups excluding carboxylic acids is 1. The number of furan rings is 1. The van der Waals surface area contributed by atoms with Crippen molar-refractivity contribution < 1.29 is 23.8 Å². The van der Waals surface area contributed by atoms with Crippen molar-refractivity contribution in [3.8, 4) is 0 Å². The number of carbonyl (C=O) groups is 2. The van der Waals surface area contributed by atoms with Crippen LogP contribution in [0.3, 0.4) is 0 Å². The summed E-state index contributed by atoms with van der Waals surface area (Å²) in [5, 5.41) is 11.3. The molecule has 0 aromatic carbocycles. The number of rotatable bonds is 6. The zero-order chi connectivity index (χ0) is 12.0. The van der Waals surface area contributed by atoms with Crippen molar-refractivity contribution in [2.24, 2.45) is 0 Å². The fraction of sp³-hybridized carbons (Fsp3) is 0.400. The maximum absolute atomic E-state index is 11.2. The molecule has 0 saturated heterocycles. The van der Waals surface area contributed by atoms with E-state index >= 15 is 0 Å². The Labute approximate surface area is 92.2 Å². The topological polar surface area (TPSA) is 88.8 Å². The van der Waals surface area contributed by atoms with Gasteiger partial charge in [0.1, 0.15) is 0 Å². The normalized spacial score (nSPS) is 10.1. The number of nitrogens with one attached hydrogen (secondary N) is 1. The second-order valence-corrected chi connectivity index (χ2v) is 3.09. The fourth-order valence-corrected chi connectivity index (χ4v) is 1.17. The SMILES string of the molecule is COC(=O)c1occc1CNCCC(=O)O. The van der Waals surface area contributed by atoms with Gasteiger partial charge in [0.2, 0.25) is 5.76 Å². The zero-order valence-electron chi connectivity index (χ0n) is 8.86. The molecule has 0 aliphatic heterocycles. The molecule has 1 heterocycles. The third kappa shape index (κ3) is 3.39. The molecule has 0 aliphatic carbocycles. The number of aliphatic carboxylic acids is 1. The van der Waals surface area contributed by atoms with Gasteiger partial charge in [0, 0.05) is 18.7 Å². The van der Waals surface area contributed by atoms with E-state index < -0.39 is 11.9 Å². The number of carboxylic acid groups (broad SMARTS) is 1. The van der Waals surface area contributed by atoms with Crippen molar-refractivity contribution >= 4 is 11.9 Å². The van der Waals surface area contributed by atoms with E-state index in [1.54, 1.807) is 6.07 Å². The van der Waals surface area contributed by atoms with Gasteiger partial charge in [-0.1, -0.05) is 0 Å². The number of ether oxygens (including phenoxy) is 1. The lowest BCUT2D eigenvalue weighted by Crippen LogP contribution is -2.18. The third-order valence-electron chi connectivity index (χ3n) is 1.95. The molecule has 1 rings (SSSR count). The van der Waals surface area contributed by atoms with Crippen LogP contribution in [-0.4, -0.2) is 30.7 Å². The number of hydrogen-bond acceptors (Lipinski definition) is 5. The predicted octanol–water partition coefficient (Wildman–Crippen LogP) is 0.630. The second-order valence-electron chi connectivity index (χ2n) is 3.09. The van der Waals surface area contributed by atoms with Gasteiger partial charge >= 0.3 is 11.9 Å². The van der Waals surface area contributed by atoms with Gasteiger partial charge in [0.05, 0.1) is 19.8 Å². The highest BCUT2D eigenvalue weighted by Crippen LogP contribution is 2.11. The minimum Gasteiger partial charge on any atom is -0.481 e. The maximum Gasteiger partial charge on any atom is 0.374 e. The van der Waals surface area contributed by atoms with Gasteiger partial charge in [-0.05, 0) is 6.07 Å². The lowest BCUT2D eigenvalue weighted by Gasteiger charge is -2.02. The molecule has 0 atom stereocenters. The summed E-state index contributed by atoms with van der Waals surface area (Å²) >= 11 is 0. The molecule has 0 spiro atoms. The van der Waals surface area contributed by atoms with Crippen molar-refractivity contribution in [3.63, 3.8) is 0 Å². The van der Waals surface area contributed by atoms with Crippen LogP contribution in [-0.2, 0) is 16.1 Å². The third-order valence-corrected chi connectivity index (χ3v) is 1.95. The largest absolute Gasteiger partial charge is 0.481 e. The molecule has 0 unspecified atom stereocenters. The number of methoxy groups -OCH3 is 1. The van der Waals surface area contributed by atoms with E-state index in [1.807, 2.05) is 0 Å². The lowest BCUT2D eigenvalue weighted by atomic mass is 10.2. The molecule has 0 fully saturated rings. The molecule has 1 aromatic heterocycles. The molecular formula is C10H13NO5. The molecule has 0 bridgehead atoms. The van der Waals surface area contributed by atoms with Gasteiger partial charge in [0.15, 0.2) is 0 Å². The van der Waals surface area contributed by atoms with E-state index in [9.17, 15) is 9.59 Å². The monoisotopic (exact) mass is 227 g/mol. The molecule has 0 radical (unpaired) electrons. The van der Waals surface area contributed by atoms with E-state index in [2.05, 4.69) is 10.1 Å². The van der Waals surface area contributed by atoms with Crippen molar-refractivity contribution in [1.82, 2.24) is 5.32 Å². The summed E-state index contributed by atoms with van der Waals surface area (Å²) in [4.78, 5) is 21.4. The molecule has 0 saturated carbocycles. The van der Waals surface area contributed by atoms with Gasteiger partial charge in [-0.15, -0.1) is 0 Å². The summed E-state index contributed by atoms with van der Waals surface area (Å²) in [5.74, 6) is -1.27. The van der Waals surface area contributed by atoms with E-state index in [0.717, 1.165) is 0 Å². The number of esters is 1. The van der Waals surface area contributed by atoms with Crippen LogP contribution in [0.5, 0.6) is 0 Å². The Hall–Kier alpha value is -1.82. The standard InChI is InChI=1S/C10H13NO5/c1-15-10(14)9-7(3-5-16-9)6-11-4-2-8(12)13/h3,5,11H,2,4,6H2,1H3,(H,12,13). The summed E-state index contributed by atoms with van der Waals surface area (Å²) in [6.07, 6.45) is 1.42. The van der Waals surface area contributed by atoms with Crippen LogP contribution in [0.25, 0.3) is 0 Å². The highest BCUT2D eigenvalue weighted by atomic mass is 16.5. The van der Waals surface area contributed by atoms with Crippen molar-refractivity contribution in [2.45, 2.75) is 13.0 Å². The molecule has 16 heavy (non-hydrogen) atoms. The Morgan fingerprint density at radius 1 is 1.56 bits per heavy atom. The summed E-state index contributed by atoms with van der Waals surface area (Å²) in [6.45, 7) is 0.704. The first-order chi connectivity index (χ1) is 7.65. The van der Waals surface area contributed by atoms with Gasteiger partial charge in [-0.2, -0.15) is 0 Å². The van der Waals surface area contributed by atoms with E-state index in [0.29, 0.717) is 18.7 Å². The summed E-state index contributed by atoms with van der Waals surface area (Å²) in [5.41, 5.74) is 0.650. The lowest BCUT2D eigenvalue weighted by molar-refractivity contribution is -0.136. The molecular weight excluding hydrogens is 214 g/mol. The Bertz CT molecular complexity index is 371. The maximum atomic E-state index is 11.2. The molecule has 88 valence electrons. The van der Waals surface area contributed by atoms with Crippen LogP contribution in [0, 0.1) is 0 Å². The second kappa shape index (κ2) is 5.92.